The fourth-order valence-electron chi connectivity index (χ4n) is 2.64. The summed E-state index contributed by atoms with van der Waals surface area (Å²) >= 11 is 0. The first kappa shape index (κ1) is 20.9. The van der Waals surface area contributed by atoms with Crippen LogP contribution in [0.2, 0.25) is 0 Å². The molecule has 0 aliphatic carbocycles. The lowest BCUT2D eigenvalue weighted by Crippen LogP contribution is -2.57. The third-order valence-electron chi connectivity index (χ3n) is 4.18. The number of rotatable bonds is 6. The number of carbonyl (C=O) groups is 3. The first-order valence-electron chi connectivity index (χ1n) is 8.28. The quantitative estimate of drug-likeness (QED) is 0.220. The maximum absolute atomic E-state index is 12.7. The number of hydrogen-bond donors (Lipinski definition) is 3. The molecule has 148 valence electrons. The summed E-state index contributed by atoms with van der Waals surface area (Å²) in [5.41, 5.74) is 3.41. The smallest absolute Gasteiger partial charge is 0.275 e. The zero-order chi connectivity index (χ0) is 20.8. The van der Waals surface area contributed by atoms with Gasteiger partial charge < -0.3 is 9.64 Å². The Morgan fingerprint density at radius 3 is 2.25 bits per heavy atom. The number of likely N-dealkylation sites (N-methyl/N-ethyl adjacent to an activating group) is 2. The van der Waals surface area contributed by atoms with Crippen molar-refractivity contribution in [3.8, 4) is 16.9 Å². The first-order chi connectivity index (χ1) is 13.3. The van der Waals surface area contributed by atoms with Crippen molar-refractivity contribution in [3.05, 3.63) is 54.1 Å². The van der Waals surface area contributed by atoms with Gasteiger partial charge in [0.05, 0.1) is 7.11 Å². The topological polar surface area (TPSA) is 125 Å². The number of nitrogens with zero attached hydrogens (tertiary/aromatic N) is 2. The highest BCUT2D eigenvalue weighted by atomic mass is 16.5. The Morgan fingerprint density at radius 1 is 1.07 bits per heavy atom. The molecule has 28 heavy (non-hydrogen) atoms. The second-order valence-electron chi connectivity index (χ2n) is 6.05. The Labute approximate surface area is 162 Å². The van der Waals surface area contributed by atoms with E-state index < -0.39 is 23.8 Å². The molecule has 0 radical (unpaired) electrons. The number of hydrazine groups is 1. The van der Waals surface area contributed by atoms with Gasteiger partial charge >= 0.3 is 0 Å². The lowest BCUT2D eigenvalue weighted by atomic mass is 10.0. The summed E-state index contributed by atoms with van der Waals surface area (Å²) in [6.07, 6.45) is 0. The summed E-state index contributed by atoms with van der Waals surface area (Å²) in [5, 5.41) is 9.56. The maximum Gasteiger partial charge on any atom is 0.275 e. The zero-order valence-electron chi connectivity index (χ0n) is 15.7. The minimum atomic E-state index is -1.61. The fraction of sp³-hybridized carbons (Fsp3) is 0.211. The molecule has 1 unspecified atom stereocenters. The van der Waals surface area contributed by atoms with E-state index >= 15 is 0 Å². The van der Waals surface area contributed by atoms with Crippen molar-refractivity contribution < 1.29 is 24.3 Å². The van der Waals surface area contributed by atoms with Gasteiger partial charge in [0.1, 0.15) is 5.75 Å². The van der Waals surface area contributed by atoms with E-state index in [-0.39, 0.29) is 5.56 Å². The molecule has 0 heterocycles. The largest absolute Gasteiger partial charge is 0.497 e. The molecule has 1 atom stereocenters. The van der Waals surface area contributed by atoms with Crippen molar-refractivity contribution in [2.24, 2.45) is 5.84 Å². The Hall–Kier alpha value is -3.43. The van der Waals surface area contributed by atoms with Crippen LogP contribution in [0, 0.1) is 0 Å². The molecule has 0 aromatic heterocycles. The minimum Gasteiger partial charge on any atom is -0.497 e. The lowest BCUT2D eigenvalue weighted by molar-refractivity contribution is -0.145. The van der Waals surface area contributed by atoms with Crippen LogP contribution >= 0.6 is 0 Å². The number of nitrogens with one attached hydrogen (secondary N) is 1. The number of benzene rings is 2. The normalized spacial score (nSPS) is 11.3. The van der Waals surface area contributed by atoms with Crippen molar-refractivity contribution in [1.82, 2.24) is 15.4 Å². The molecule has 0 spiro atoms. The predicted octanol–water partition coefficient (Wildman–Crippen LogP) is 0.640. The second-order valence-corrected chi connectivity index (χ2v) is 6.05. The van der Waals surface area contributed by atoms with Crippen LogP contribution < -0.4 is 16.1 Å². The van der Waals surface area contributed by atoms with Crippen molar-refractivity contribution in [1.29, 1.82) is 0 Å². The van der Waals surface area contributed by atoms with E-state index in [0.29, 0.717) is 10.8 Å². The van der Waals surface area contributed by atoms with Gasteiger partial charge in [-0.3, -0.25) is 24.6 Å². The molecule has 0 saturated carbocycles. The molecule has 0 aliphatic rings. The minimum absolute atomic E-state index is 0.261. The van der Waals surface area contributed by atoms with Gasteiger partial charge in [-0.25, -0.2) is 11.3 Å². The highest BCUT2D eigenvalue weighted by Gasteiger charge is 2.35. The monoisotopic (exact) mass is 386 g/mol. The summed E-state index contributed by atoms with van der Waals surface area (Å²) in [5.74, 6) is 3.60. The Bertz CT molecular complexity index is 867. The number of carbonyl (C=O) groups excluding carboxylic acids is 3. The SMILES string of the molecule is COc1cccc(-c2ccc(C(=O)N(C)C(C(=O)NO)C(=O)N(C)N)cc2)c1. The molecule has 9 heteroatoms. The predicted molar refractivity (Wildman–Crippen MR) is 101 cm³/mol. The molecule has 0 aliphatic heterocycles. The standard InChI is InChI=1S/C19H22N4O5/c1-22(16(17(24)21-27)19(26)23(2)20)18(25)13-9-7-12(8-10-13)14-5-4-6-15(11-14)28-3/h4-11,16,27H,20H2,1-3H3,(H,21,24). The van der Waals surface area contributed by atoms with Crippen LogP contribution in [-0.4, -0.2) is 60.1 Å². The molecule has 2 aromatic rings. The summed E-state index contributed by atoms with van der Waals surface area (Å²) in [6.45, 7) is 0. The molecule has 4 N–H and O–H groups in total. The summed E-state index contributed by atoms with van der Waals surface area (Å²) in [6, 6.07) is 12.5. The Kier molecular flexibility index (Phi) is 6.69. The zero-order valence-corrected chi connectivity index (χ0v) is 15.7. The maximum atomic E-state index is 12.7. The molecule has 9 nitrogen and oxygen atoms in total. The van der Waals surface area contributed by atoms with Crippen LogP contribution in [-0.2, 0) is 9.59 Å². The van der Waals surface area contributed by atoms with Gasteiger partial charge in [-0.1, -0.05) is 24.3 Å². The van der Waals surface area contributed by atoms with E-state index in [1.807, 2.05) is 24.3 Å². The Morgan fingerprint density at radius 2 is 1.71 bits per heavy atom. The summed E-state index contributed by atoms with van der Waals surface area (Å²) in [4.78, 5) is 37.6. The van der Waals surface area contributed by atoms with Gasteiger partial charge in [-0.15, -0.1) is 0 Å². The van der Waals surface area contributed by atoms with E-state index in [2.05, 4.69) is 0 Å². The summed E-state index contributed by atoms with van der Waals surface area (Å²) < 4.78 is 5.21. The molecular weight excluding hydrogens is 364 g/mol. The molecular formula is C19H22N4O5. The average molecular weight is 386 g/mol. The molecule has 2 aromatic carbocycles. The van der Waals surface area contributed by atoms with Crippen LogP contribution in [0.5, 0.6) is 5.75 Å². The molecule has 3 amide bonds. The van der Waals surface area contributed by atoms with Gasteiger partial charge in [-0.05, 0) is 35.4 Å². The molecule has 0 fully saturated rings. The van der Waals surface area contributed by atoms with Crippen molar-refractivity contribution >= 4 is 17.7 Å². The van der Waals surface area contributed by atoms with Gasteiger partial charge in [0, 0.05) is 19.7 Å². The number of hydrogen-bond acceptors (Lipinski definition) is 6. The van der Waals surface area contributed by atoms with Crippen LogP contribution in [0.3, 0.4) is 0 Å². The van der Waals surface area contributed by atoms with E-state index in [0.717, 1.165) is 16.0 Å². The van der Waals surface area contributed by atoms with Gasteiger partial charge in [-0.2, -0.15) is 0 Å². The van der Waals surface area contributed by atoms with E-state index in [9.17, 15) is 14.4 Å². The van der Waals surface area contributed by atoms with E-state index in [1.165, 1.54) is 19.6 Å². The number of amides is 3. The third-order valence-corrected chi connectivity index (χ3v) is 4.18. The third kappa shape index (κ3) is 4.45. The highest BCUT2D eigenvalue weighted by molar-refractivity contribution is 6.08. The Balaban J connectivity index is 2.27. The molecule has 0 bridgehead atoms. The first-order valence-corrected chi connectivity index (χ1v) is 8.28. The van der Waals surface area contributed by atoms with Crippen LogP contribution in [0.1, 0.15) is 10.4 Å². The van der Waals surface area contributed by atoms with Crippen molar-refractivity contribution in [3.63, 3.8) is 0 Å². The van der Waals surface area contributed by atoms with Crippen LogP contribution in [0.15, 0.2) is 48.5 Å². The molecule has 0 saturated heterocycles. The summed E-state index contributed by atoms with van der Waals surface area (Å²) in [7, 11) is 4.09. The average Bonchev–Trinajstić information content (AvgIpc) is 2.72. The van der Waals surface area contributed by atoms with Crippen molar-refractivity contribution in [2.45, 2.75) is 6.04 Å². The van der Waals surface area contributed by atoms with Crippen molar-refractivity contribution in [2.75, 3.05) is 21.2 Å². The second kappa shape index (κ2) is 8.98. The van der Waals surface area contributed by atoms with E-state index in [1.54, 1.807) is 31.4 Å². The number of methoxy groups -OCH3 is 1. The van der Waals surface area contributed by atoms with Crippen LogP contribution in [0.25, 0.3) is 11.1 Å². The fourth-order valence-corrected chi connectivity index (χ4v) is 2.64. The van der Waals surface area contributed by atoms with Crippen LogP contribution in [0.4, 0.5) is 0 Å². The highest BCUT2D eigenvalue weighted by Crippen LogP contribution is 2.24. The number of ether oxygens (including phenoxy) is 1. The molecule has 2 rings (SSSR count). The van der Waals surface area contributed by atoms with Gasteiger partial charge in [0.25, 0.3) is 17.7 Å². The van der Waals surface area contributed by atoms with Gasteiger partial charge in [0.15, 0.2) is 6.04 Å². The lowest BCUT2D eigenvalue weighted by Gasteiger charge is -2.27. The number of nitrogens with two attached hydrogens (primary N) is 1. The van der Waals surface area contributed by atoms with E-state index in [4.69, 9.17) is 15.8 Å². The number of hydroxylamine groups is 1. The van der Waals surface area contributed by atoms with Gasteiger partial charge in [0.2, 0.25) is 0 Å².